The highest BCUT2D eigenvalue weighted by atomic mass is 35.5. The zero-order valence-electron chi connectivity index (χ0n) is 17.2. The third-order valence-electron chi connectivity index (χ3n) is 6.19. The molecule has 5 nitrogen and oxygen atoms in total. The van der Waals surface area contributed by atoms with Crippen molar-refractivity contribution in [1.82, 2.24) is 10.2 Å². The van der Waals surface area contributed by atoms with Gasteiger partial charge in [0.15, 0.2) is 0 Å². The summed E-state index contributed by atoms with van der Waals surface area (Å²) in [6, 6.07) is 15.1. The number of hydrogen-bond acceptors (Lipinski definition) is 4. The molecule has 1 saturated heterocycles. The Labute approximate surface area is 182 Å². The van der Waals surface area contributed by atoms with E-state index in [2.05, 4.69) is 10.2 Å². The van der Waals surface area contributed by atoms with Crippen LogP contribution in [-0.4, -0.2) is 36.5 Å². The maximum atomic E-state index is 13.3. The summed E-state index contributed by atoms with van der Waals surface area (Å²) >= 11 is 6.00. The number of halogens is 1. The molecule has 0 aromatic heterocycles. The molecule has 6 heteroatoms. The summed E-state index contributed by atoms with van der Waals surface area (Å²) in [5.41, 5.74) is 2.42. The predicted octanol–water partition coefficient (Wildman–Crippen LogP) is 4.29. The Morgan fingerprint density at radius 1 is 1.10 bits per heavy atom. The molecule has 1 heterocycles. The monoisotopic (exact) mass is 426 g/mol. The fourth-order valence-corrected chi connectivity index (χ4v) is 4.40. The molecule has 0 radical (unpaired) electrons. The number of esters is 1. The van der Waals surface area contributed by atoms with Gasteiger partial charge in [-0.2, -0.15) is 0 Å². The van der Waals surface area contributed by atoms with Crippen LogP contribution in [0.3, 0.4) is 0 Å². The molecular weight excluding hydrogens is 400 g/mol. The van der Waals surface area contributed by atoms with E-state index >= 15 is 0 Å². The molecule has 1 amide bonds. The summed E-state index contributed by atoms with van der Waals surface area (Å²) in [4.78, 5) is 27.2. The van der Waals surface area contributed by atoms with Crippen LogP contribution in [0.25, 0.3) is 0 Å². The number of rotatable bonds is 6. The third kappa shape index (κ3) is 4.52. The Morgan fingerprint density at radius 2 is 1.80 bits per heavy atom. The normalized spacial score (nSPS) is 20.4. The Bertz CT molecular complexity index is 907. The first-order chi connectivity index (χ1) is 14.5. The van der Waals surface area contributed by atoms with E-state index < -0.39 is 0 Å². The van der Waals surface area contributed by atoms with Gasteiger partial charge >= 0.3 is 5.97 Å². The van der Waals surface area contributed by atoms with E-state index in [0.717, 1.165) is 55.8 Å². The van der Waals surface area contributed by atoms with E-state index in [0.29, 0.717) is 5.56 Å². The van der Waals surface area contributed by atoms with Crippen molar-refractivity contribution in [2.75, 3.05) is 13.7 Å². The molecule has 1 unspecified atom stereocenters. The van der Waals surface area contributed by atoms with Gasteiger partial charge in [0.2, 0.25) is 5.91 Å². The van der Waals surface area contributed by atoms with Gasteiger partial charge in [-0.15, -0.1) is 0 Å². The van der Waals surface area contributed by atoms with Gasteiger partial charge in [0.05, 0.1) is 24.3 Å². The lowest BCUT2D eigenvalue weighted by Gasteiger charge is -2.35. The molecule has 0 bridgehead atoms. The second-order valence-electron chi connectivity index (χ2n) is 8.25. The molecule has 30 heavy (non-hydrogen) atoms. The molecule has 1 N–H and O–H groups in total. The quantitative estimate of drug-likeness (QED) is 0.700. The second kappa shape index (κ2) is 8.78. The molecule has 1 saturated carbocycles. The Kier molecular flexibility index (Phi) is 6.11. The van der Waals surface area contributed by atoms with Crippen molar-refractivity contribution in [2.45, 2.75) is 50.2 Å². The Balaban J connectivity index is 1.44. The molecule has 2 aliphatic rings. The van der Waals surface area contributed by atoms with Crippen molar-refractivity contribution in [2.24, 2.45) is 0 Å². The van der Waals surface area contributed by atoms with Crippen LogP contribution in [0.2, 0.25) is 5.02 Å². The van der Waals surface area contributed by atoms with Crippen molar-refractivity contribution in [3.63, 3.8) is 0 Å². The molecule has 1 aliphatic carbocycles. The van der Waals surface area contributed by atoms with Gasteiger partial charge in [-0.25, -0.2) is 4.79 Å². The number of hydrogen-bond donors (Lipinski definition) is 1. The predicted molar refractivity (Wildman–Crippen MR) is 116 cm³/mol. The van der Waals surface area contributed by atoms with Crippen LogP contribution in [0.4, 0.5) is 0 Å². The molecule has 158 valence electrons. The number of nitrogens with zero attached hydrogens (tertiary/aromatic N) is 1. The average Bonchev–Trinajstić information content (AvgIpc) is 3.56. The van der Waals surface area contributed by atoms with Crippen molar-refractivity contribution < 1.29 is 14.3 Å². The number of carbonyl (C=O) groups is 2. The van der Waals surface area contributed by atoms with Crippen molar-refractivity contribution >= 4 is 23.5 Å². The fourth-order valence-electron chi connectivity index (χ4n) is 4.27. The minimum Gasteiger partial charge on any atom is -0.465 e. The zero-order chi connectivity index (χ0) is 21.1. The maximum absolute atomic E-state index is 13.3. The lowest BCUT2D eigenvalue weighted by atomic mass is 9.98. The first kappa shape index (κ1) is 20.9. The summed E-state index contributed by atoms with van der Waals surface area (Å²) in [6.45, 7) is 1.66. The average molecular weight is 427 g/mol. The molecule has 0 spiro atoms. The number of piperidine rings is 1. The highest BCUT2D eigenvalue weighted by Crippen LogP contribution is 2.45. The summed E-state index contributed by atoms with van der Waals surface area (Å²) < 4.78 is 4.77. The number of carbonyl (C=O) groups excluding carboxylic acids is 2. The lowest BCUT2D eigenvalue weighted by molar-refractivity contribution is -0.129. The van der Waals surface area contributed by atoms with E-state index in [1.54, 1.807) is 12.1 Å². The highest BCUT2D eigenvalue weighted by Gasteiger charge is 2.47. The van der Waals surface area contributed by atoms with E-state index in [-0.39, 0.29) is 23.5 Å². The standard InChI is InChI=1S/C24H27ClN2O3/c1-30-23(29)18-7-9-19(10-8-18)24(13-14-24)26-22(28)21-4-2-3-15-27(21)16-17-5-11-20(25)12-6-17/h5-12,21H,2-4,13-16H2,1H3,(H,26,28). The number of benzene rings is 2. The molecule has 2 aromatic rings. The Morgan fingerprint density at radius 3 is 2.43 bits per heavy atom. The van der Waals surface area contributed by atoms with E-state index in [9.17, 15) is 9.59 Å². The second-order valence-corrected chi connectivity index (χ2v) is 8.69. The van der Waals surface area contributed by atoms with Crippen molar-refractivity contribution in [1.29, 1.82) is 0 Å². The largest absolute Gasteiger partial charge is 0.465 e. The SMILES string of the molecule is COC(=O)c1ccc(C2(NC(=O)C3CCCCN3Cc3ccc(Cl)cc3)CC2)cc1. The van der Waals surface area contributed by atoms with Crippen LogP contribution in [-0.2, 0) is 21.6 Å². The van der Waals surface area contributed by atoms with Gasteiger partial charge < -0.3 is 10.1 Å². The zero-order valence-corrected chi connectivity index (χ0v) is 18.0. The molecule has 4 rings (SSSR count). The van der Waals surface area contributed by atoms with Gasteiger partial charge in [-0.3, -0.25) is 9.69 Å². The van der Waals surface area contributed by atoms with Gasteiger partial charge in [0.1, 0.15) is 0 Å². The number of likely N-dealkylation sites (tertiary alicyclic amines) is 1. The third-order valence-corrected chi connectivity index (χ3v) is 6.44. The summed E-state index contributed by atoms with van der Waals surface area (Å²) in [5, 5.41) is 4.05. The van der Waals surface area contributed by atoms with Gasteiger partial charge in [-0.05, 0) is 67.6 Å². The number of ether oxygens (including phenoxy) is 1. The smallest absolute Gasteiger partial charge is 0.337 e. The van der Waals surface area contributed by atoms with Gasteiger partial charge in [0.25, 0.3) is 0 Å². The molecule has 1 atom stereocenters. The maximum Gasteiger partial charge on any atom is 0.337 e. The van der Waals surface area contributed by atoms with E-state index in [1.807, 2.05) is 36.4 Å². The molecular formula is C24H27ClN2O3. The van der Waals surface area contributed by atoms with Crippen molar-refractivity contribution in [3.05, 3.63) is 70.2 Å². The van der Waals surface area contributed by atoms with E-state index in [1.165, 1.54) is 12.7 Å². The van der Waals surface area contributed by atoms with Gasteiger partial charge in [0, 0.05) is 11.6 Å². The number of methoxy groups -OCH3 is 1. The minimum atomic E-state index is -0.351. The van der Waals surface area contributed by atoms with Crippen LogP contribution in [0.5, 0.6) is 0 Å². The van der Waals surface area contributed by atoms with Crippen molar-refractivity contribution in [3.8, 4) is 0 Å². The molecule has 2 fully saturated rings. The van der Waals surface area contributed by atoms with Crippen LogP contribution < -0.4 is 5.32 Å². The van der Waals surface area contributed by atoms with Crippen LogP contribution in [0, 0.1) is 0 Å². The summed E-state index contributed by atoms with van der Waals surface area (Å²) in [6.07, 6.45) is 4.88. The Hall–Kier alpha value is -2.37. The van der Waals surface area contributed by atoms with Crippen LogP contribution in [0.1, 0.15) is 53.6 Å². The minimum absolute atomic E-state index is 0.0956. The lowest BCUT2D eigenvalue weighted by Crippen LogP contribution is -2.51. The molecule has 2 aromatic carbocycles. The first-order valence-electron chi connectivity index (χ1n) is 10.5. The number of nitrogens with one attached hydrogen (secondary N) is 1. The summed E-state index contributed by atoms with van der Waals surface area (Å²) in [5.74, 6) is -0.256. The van der Waals surface area contributed by atoms with Gasteiger partial charge in [-0.1, -0.05) is 42.3 Å². The van der Waals surface area contributed by atoms with Crippen LogP contribution in [0.15, 0.2) is 48.5 Å². The first-order valence-corrected chi connectivity index (χ1v) is 10.9. The van der Waals surface area contributed by atoms with Crippen LogP contribution >= 0.6 is 11.6 Å². The summed E-state index contributed by atoms with van der Waals surface area (Å²) in [7, 11) is 1.37. The molecule has 1 aliphatic heterocycles. The topological polar surface area (TPSA) is 58.6 Å². The highest BCUT2D eigenvalue weighted by molar-refractivity contribution is 6.30. The fraction of sp³-hybridized carbons (Fsp3) is 0.417. The van der Waals surface area contributed by atoms with E-state index in [4.69, 9.17) is 16.3 Å². The number of amides is 1.